The molecule has 1 aromatic carbocycles. The minimum absolute atomic E-state index is 0.0620. The SMILES string of the molecule is CNC(=O)c1ccc(NC(=O)C[NH+]2CC[C@H]3CCCC[C@@H]3C2)cc1. The number of rotatable bonds is 4. The monoisotopic (exact) mass is 330 g/mol. The van der Waals surface area contributed by atoms with Crippen molar-refractivity contribution in [2.24, 2.45) is 11.8 Å². The maximum absolute atomic E-state index is 12.3. The molecule has 0 aromatic heterocycles. The smallest absolute Gasteiger partial charge is 0.279 e. The Morgan fingerprint density at radius 3 is 2.50 bits per heavy atom. The Bertz CT molecular complexity index is 585. The summed E-state index contributed by atoms with van der Waals surface area (Å²) in [6, 6.07) is 7.03. The average molecular weight is 330 g/mol. The molecular formula is C19H28N3O2+. The normalized spacial score (nSPS) is 26.3. The Labute approximate surface area is 143 Å². The van der Waals surface area contributed by atoms with Crippen molar-refractivity contribution < 1.29 is 14.5 Å². The fraction of sp³-hybridized carbons (Fsp3) is 0.579. The van der Waals surface area contributed by atoms with E-state index in [9.17, 15) is 9.59 Å². The van der Waals surface area contributed by atoms with Gasteiger partial charge >= 0.3 is 0 Å². The van der Waals surface area contributed by atoms with E-state index in [0.29, 0.717) is 12.1 Å². The predicted molar refractivity (Wildman–Crippen MR) is 94.1 cm³/mol. The van der Waals surface area contributed by atoms with Crippen molar-refractivity contribution in [1.29, 1.82) is 0 Å². The number of quaternary nitrogens is 1. The first-order valence-electron chi connectivity index (χ1n) is 9.11. The Kier molecular flexibility index (Phi) is 5.51. The molecule has 3 atom stereocenters. The van der Waals surface area contributed by atoms with Crippen LogP contribution in [0.15, 0.2) is 24.3 Å². The molecule has 2 amide bonds. The van der Waals surface area contributed by atoms with Crippen LogP contribution in [0.25, 0.3) is 0 Å². The molecule has 2 fully saturated rings. The van der Waals surface area contributed by atoms with Crippen LogP contribution in [-0.2, 0) is 4.79 Å². The van der Waals surface area contributed by atoms with E-state index in [0.717, 1.165) is 30.6 Å². The second-order valence-corrected chi connectivity index (χ2v) is 7.18. The molecule has 0 spiro atoms. The quantitative estimate of drug-likeness (QED) is 0.774. The highest BCUT2D eigenvalue weighted by molar-refractivity contribution is 5.95. The molecular weight excluding hydrogens is 302 g/mol. The molecule has 1 aromatic rings. The number of benzene rings is 1. The van der Waals surface area contributed by atoms with Gasteiger partial charge in [0.15, 0.2) is 6.54 Å². The average Bonchev–Trinajstić information content (AvgIpc) is 2.61. The van der Waals surface area contributed by atoms with E-state index < -0.39 is 0 Å². The molecule has 1 unspecified atom stereocenters. The molecule has 2 aliphatic rings. The highest BCUT2D eigenvalue weighted by atomic mass is 16.2. The molecule has 5 nitrogen and oxygen atoms in total. The van der Waals surface area contributed by atoms with Crippen molar-refractivity contribution in [3.05, 3.63) is 29.8 Å². The zero-order chi connectivity index (χ0) is 16.9. The van der Waals surface area contributed by atoms with Crippen LogP contribution in [0, 0.1) is 11.8 Å². The van der Waals surface area contributed by atoms with Crippen LogP contribution < -0.4 is 15.5 Å². The van der Waals surface area contributed by atoms with E-state index in [1.165, 1.54) is 37.0 Å². The van der Waals surface area contributed by atoms with Crippen molar-refractivity contribution in [3.8, 4) is 0 Å². The van der Waals surface area contributed by atoms with Crippen molar-refractivity contribution in [2.45, 2.75) is 32.1 Å². The summed E-state index contributed by atoms with van der Waals surface area (Å²) in [5.41, 5.74) is 1.35. The summed E-state index contributed by atoms with van der Waals surface area (Å²) in [5.74, 6) is 1.67. The van der Waals surface area contributed by atoms with Crippen molar-refractivity contribution in [2.75, 3.05) is 32.0 Å². The van der Waals surface area contributed by atoms with Crippen LogP contribution in [0.1, 0.15) is 42.5 Å². The molecule has 1 saturated heterocycles. The largest absolute Gasteiger partial charge is 0.355 e. The third kappa shape index (κ3) is 4.15. The Hall–Kier alpha value is -1.88. The van der Waals surface area contributed by atoms with Crippen molar-refractivity contribution in [1.82, 2.24) is 5.32 Å². The summed E-state index contributed by atoms with van der Waals surface area (Å²) in [4.78, 5) is 25.2. The number of amides is 2. The zero-order valence-electron chi connectivity index (χ0n) is 14.4. The van der Waals surface area contributed by atoms with Gasteiger partial charge in [-0.1, -0.05) is 12.8 Å². The second kappa shape index (κ2) is 7.79. The van der Waals surface area contributed by atoms with Gasteiger partial charge in [0.2, 0.25) is 0 Å². The number of hydrogen-bond acceptors (Lipinski definition) is 2. The lowest BCUT2D eigenvalue weighted by molar-refractivity contribution is -0.902. The van der Waals surface area contributed by atoms with Gasteiger partial charge in [-0.25, -0.2) is 0 Å². The first-order chi connectivity index (χ1) is 11.7. The minimum Gasteiger partial charge on any atom is -0.355 e. The number of hydrogen-bond donors (Lipinski definition) is 3. The van der Waals surface area contributed by atoms with Crippen molar-refractivity contribution >= 4 is 17.5 Å². The predicted octanol–water partition coefficient (Wildman–Crippen LogP) is 1.08. The van der Waals surface area contributed by atoms with Gasteiger partial charge in [0, 0.05) is 24.2 Å². The lowest BCUT2D eigenvalue weighted by atomic mass is 9.75. The Morgan fingerprint density at radius 1 is 1.08 bits per heavy atom. The summed E-state index contributed by atoms with van der Waals surface area (Å²) in [7, 11) is 1.61. The first-order valence-corrected chi connectivity index (χ1v) is 9.11. The second-order valence-electron chi connectivity index (χ2n) is 7.18. The molecule has 0 radical (unpaired) electrons. The minimum atomic E-state index is -0.118. The zero-order valence-corrected chi connectivity index (χ0v) is 14.4. The molecule has 1 aliphatic heterocycles. The maximum atomic E-state index is 12.3. The first kappa shape index (κ1) is 17.0. The van der Waals surface area contributed by atoms with Crippen LogP contribution >= 0.6 is 0 Å². The van der Waals surface area contributed by atoms with Gasteiger partial charge < -0.3 is 15.5 Å². The van der Waals surface area contributed by atoms with Gasteiger partial charge in [-0.3, -0.25) is 9.59 Å². The molecule has 5 heteroatoms. The third-order valence-corrected chi connectivity index (χ3v) is 5.55. The summed E-state index contributed by atoms with van der Waals surface area (Å²) in [6.07, 6.45) is 6.76. The Balaban J connectivity index is 1.49. The fourth-order valence-electron chi connectivity index (χ4n) is 4.24. The van der Waals surface area contributed by atoms with Crippen LogP contribution in [0.3, 0.4) is 0 Å². The number of fused-ring (bicyclic) bond motifs is 1. The Morgan fingerprint density at radius 2 is 1.79 bits per heavy atom. The van der Waals surface area contributed by atoms with E-state index in [1.54, 1.807) is 31.3 Å². The van der Waals surface area contributed by atoms with E-state index in [4.69, 9.17) is 0 Å². The molecule has 1 saturated carbocycles. The van der Waals surface area contributed by atoms with E-state index in [-0.39, 0.29) is 11.8 Å². The van der Waals surface area contributed by atoms with Crippen molar-refractivity contribution in [3.63, 3.8) is 0 Å². The van der Waals surface area contributed by atoms with Gasteiger partial charge in [-0.05, 0) is 49.4 Å². The third-order valence-electron chi connectivity index (χ3n) is 5.55. The van der Waals surface area contributed by atoms with Gasteiger partial charge in [0.05, 0.1) is 13.1 Å². The van der Waals surface area contributed by atoms with Crippen LogP contribution in [-0.4, -0.2) is 38.5 Å². The maximum Gasteiger partial charge on any atom is 0.279 e. The summed E-state index contributed by atoms with van der Waals surface area (Å²) in [6.45, 7) is 2.80. The number of likely N-dealkylation sites (tertiary alicyclic amines) is 1. The molecule has 1 aliphatic carbocycles. The van der Waals surface area contributed by atoms with E-state index >= 15 is 0 Å². The topological polar surface area (TPSA) is 62.6 Å². The molecule has 1 heterocycles. The number of nitrogens with one attached hydrogen (secondary N) is 3. The van der Waals surface area contributed by atoms with Gasteiger partial charge in [0.1, 0.15) is 0 Å². The number of anilines is 1. The van der Waals surface area contributed by atoms with E-state index in [2.05, 4.69) is 10.6 Å². The van der Waals surface area contributed by atoms with Gasteiger partial charge in [0.25, 0.3) is 11.8 Å². The lowest BCUT2D eigenvalue weighted by Crippen LogP contribution is -3.15. The summed E-state index contributed by atoms with van der Waals surface area (Å²) >= 11 is 0. The van der Waals surface area contributed by atoms with Crippen LogP contribution in [0.4, 0.5) is 5.69 Å². The van der Waals surface area contributed by atoms with Gasteiger partial charge in [-0.15, -0.1) is 0 Å². The van der Waals surface area contributed by atoms with Crippen LogP contribution in [0.2, 0.25) is 0 Å². The standard InChI is InChI=1S/C19H27N3O2/c1-20-19(24)15-6-8-17(9-7-15)21-18(23)13-22-11-10-14-4-2-3-5-16(14)12-22/h6-9,14,16H,2-5,10-13H2,1H3,(H,20,24)(H,21,23)/p+1/t14-,16-/m1/s1. The summed E-state index contributed by atoms with van der Waals surface area (Å²) in [5, 5.41) is 5.54. The highest BCUT2D eigenvalue weighted by Gasteiger charge is 2.34. The van der Waals surface area contributed by atoms with Crippen LogP contribution in [0.5, 0.6) is 0 Å². The molecule has 130 valence electrons. The fourth-order valence-corrected chi connectivity index (χ4v) is 4.24. The highest BCUT2D eigenvalue weighted by Crippen LogP contribution is 2.32. The molecule has 3 rings (SSSR count). The lowest BCUT2D eigenvalue weighted by Gasteiger charge is -2.38. The number of carbonyl (C=O) groups excluding carboxylic acids is 2. The molecule has 0 bridgehead atoms. The number of carbonyl (C=O) groups is 2. The van der Waals surface area contributed by atoms with E-state index in [1.807, 2.05) is 0 Å². The number of piperidine rings is 1. The summed E-state index contributed by atoms with van der Waals surface area (Å²) < 4.78 is 0. The molecule has 24 heavy (non-hydrogen) atoms. The molecule has 3 N–H and O–H groups in total. The van der Waals surface area contributed by atoms with Gasteiger partial charge in [-0.2, -0.15) is 0 Å².